The molecular formula is C11H15N3S. The molecule has 0 aliphatic carbocycles. The van der Waals surface area contributed by atoms with Crippen LogP contribution < -0.4 is 16.0 Å². The molecule has 0 spiro atoms. The summed E-state index contributed by atoms with van der Waals surface area (Å²) in [6.45, 7) is 2.13. The van der Waals surface area contributed by atoms with Gasteiger partial charge in [0.1, 0.15) is 6.17 Å². The number of hydrogen-bond donors (Lipinski definition) is 3. The number of para-hydroxylation sites is 1. The first kappa shape index (κ1) is 10.2. The maximum Gasteiger partial charge on any atom is 0.168 e. The van der Waals surface area contributed by atoms with Crippen LogP contribution in [0.4, 0.5) is 5.69 Å². The van der Waals surface area contributed by atoms with E-state index in [0.29, 0.717) is 6.04 Å². The maximum absolute atomic E-state index is 5.11. The molecule has 1 aliphatic rings. The minimum absolute atomic E-state index is 0.219. The quantitative estimate of drug-likeness (QED) is 0.664. The van der Waals surface area contributed by atoms with Crippen LogP contribution >= 0.6 is 12.2 Å². The van der Waals surface area contributed by atoms with E-state index < -0.39 is 0 Å². The highest BCUT2D eigenvalue weighted by Gasteiger charge is 2.19. The van der Waals surface area contributed by atoms with E-state index in [1.165, 1.54) is 0 Å². The van der Waals surface area contributed by atoms with Crippen LogP contribution in [-0.4, -0.2) is 17.3 Å². The summed E-state index contributed by atoms with van der Waals surface area (Å²) in [5, 5.41) is 10.5. The van der Waals surface area contributed by atoms with Gasteiger partial charge >= 0.3 is 0 Å². The van der Waals surface area contributed by atoms with Crippen LogP contribution in [0.25, 0.3) is 0 Å². The van der Waals surface area contributed by atoms with Crippen molar-refractivity contribution in [2.45, 2.75) is 25.6 Å². The summed E-state index contributed by atoms with van der Waals surface area (Å²) in [5.74, 6) is 0. The summed E-state index contributed by atoms with van der Waals surface area (Å²) in [5.41, 5.74) is 1.12. The van der Waals surface area contributed by atoms with Crippen molar-refractivity contribution in [1.82, 2.24) is 10.6 Å². The van der Waals surface area contributed by atoms with Gasteiger partial charge in [0.15, 0.2) is 5.11 Å². The minimum atomic E-state index is 0.219. The summed E-state index contributed by atoms with van der Waals surface area (Å²) in [7, 11) is 0. The Bertz CT molecular complexity index is 339. The second-order valence-corrected chi connectivity index (χ2v) is 4.23. The molecule has 15 heavy (non-hydrogen) atoms. The minimum Gasteiger partial charge on any atom is -0.365 e. The number of anilines is 1. The third kappa shape index (κ3) is 2.83. The zero-order valence-corrected chi connectivity index (χ0v) is 9.47. The predicted molar refractivity (Wildman–Crippen MR) is 66.8 cm³/mol. The lowest BCUT2D eigenvalue weighted by Crippen LogP contribution is -2.55. The predicted octanol–water partition coefficient (Wildman–Crippen LogP) is 1.68. The summed E-state index contributed by atoms with van der Waals surface area (Å²) >= 11 is 5.11. The summed E-state index contributed by atoms with van der Waals surface area (Å²) in [6.07, 6.45) is 1.23. The fourth-order valence-corrected chi connectivity index (χ4v) is 2.07. The lowest BCUT2D eigenvalue weighted by molar-refractivity contribution is 0.475. The Hall–Kier alpha value is -1.29. The Morgan fingerprint density at radius 3 is 2.67 bits per heavy atom. The molecule has 0 aromatic heterocycles. The molecular weight excluding hydrogens is 206 g/mol. The molecule has 3 nitrogen and oxygen atoms in total. The fraction of sp³-hybridized carbons (Fsp3) is 0.364. The number of benzene rings is 1. The van der Waals surface area contributed by atoms with Gasteiger partial charge in [0.05, 0.1) is 0 Å². The molecule has 80 valence electrons. The van der Waals surface area contributed by atoms with Crippen LogP contribution in [0.2, 0.25) is 0 Å². The Balaban J connectivity index is 1.97. The Labute approximate surface area is 95.3 Å². The standard InChI is InChI=1S/C11H15N3S/c1-8-7-10(14-11(15)12-8)13-9-5-3-2-4-6-9/h2-6,8,10,13H,7H2,1H3,(H2,12,14,15). The van der Waals surface area contributed by atoms with Crippen LogP contribution in [0.5, 0.6) is 0 Å². The van der Waals surface area contributed by atoms with Gasteiger partial charge in [0.2, 0.25) is 0 Å². The van der Waals surface area contributed by atoms with Gasteiger partial charge in [-0.25, -0.2) is 0 Å². The highest BCUT2D eigenvalue weighted by molar-refractivity contribution is 7.80. The van der Waals surface area contributed by atoms with E-state index in [1.807, 2.05) is 18.2 Å². The van der Waals surface area contributed by atoms with Crippen molar-refractivity contribution < 1.29 is 0 Å². The van der Waals surface area contributed by atoms with Crippen molar-refractivity contribution in [3.05, 3.63) is 30.3 Å². The lowest BCUT2D eigenvalue weighted by atomic mass is 10.1. The van der Waals surface area contributed by atoms with Crippen LogP contribution in [0.3, 0.4) is 0 Å². The van der Waals surface area contributed by atoms with Crippen molar-refractivity contribution in [3.63, 3.8) is 0 Å². The van der Waals surface area contributed by atoms with E-state index in [2.05, 4.69) is 35.0 Å². The van der Waals surface area contributed by atoms with Crippen molar-refractivity contribution in [3.8, 4) is 0 Å². The molecule has 2 atom stereocenters. The summed E-state index contributed by atoms with van der Waals surface area (Å²) in [6, 6.07) is 10.6. The van der Waals surface area contributed by atoms with Crippen LogP contribution in [-0.2, 0) is 0 Å². The van der Waals surface area contributed by atoms with Crippen LogP contribution in [0, 0.1) is 0 Å². The highest BCUT2D eigenvalue weighted by Crippen LogP contribution is 2.10. The van der Waals surface area contributed by atoms with Crippen molar-refractivity contribution in [2.24, 2.45) is 0 Å². The van der Waals surface area contributed by atoms with Crippen LogP contribution in [0.1, 0.15) is 13.3 Å². The number of hydrogen-bond acceptors (Lipinski definition) is 2. The third-order valence-electron chi connectivity index (χ3n) is 2.39. The molecule has 1 aromatic rings. The monoisotopic (exact) mass is 221 g/mol. The molecule has 0 saturated carbocycles. The van der Waals surface area contributed by atoms with E-state index in [0.717, 1.165) is 17.2 Å². The van der Waals surface area contributed by atoms with E-state index >= 15 is 0 Å². The molecule has 0 amide bonds. The maximum atomic E-state index is 5.11. The summed E-state index contributed by atoms with van der Waals surface area (Å²) < 4.78 is 0. The Morgan fingerprint density at radius 2 is 2.00 bits per heavy atom. The largest absolute Gasteiger partial charge is 0.365 e. The van der Waals surface area contributed by atoms with Crippen LogP contribution in [0.15, 0.2) is 30.3 Å². The first-order valence-corrected chi connectivity index (χ1v) is 5.53. The van der Waals surface area contributed by atoms with Gasteiger partial charge in [0.25, 0.3) is 0 Å². The normalized spacial score (nSPS) is 25.3. The molecule has 4 heteroatoms. The van der Waals surface area contributed by atoms with Gasteiger partial charge in [-0.1, -0.05) is 18.2 Å². The van der Waals surface area contributed by atoms with Crippen molar-refractivity contribution >= 4 is 23.0 Å². The number of nitrogens with one attached hydrogen (secondary N) is 3. The zero-order valence-electron chi connectivity index (χ0n) is 8.66. The molecule has 3 N–H and O–H groups in total. The molecule has 2 unspecified atom stereocenters. The first-order valence-electron chi connectivity index (χ1n) is 5.12. The van der Waals surface area contributed by atoms with Gasteiger partial charge in [-0.15, -0.1) is 0 Å². The van der Waals surface area contributed by atoms with Gasteiger partial charge in [-0.2, -0.15) is 0 Å². The molecule has 1 heterocycles. The van der Waals surface area contributed by atoms with Gasteiger partial charge in [-0.05, 0) is 31.3 Å². The van der Waals surface area contributed by atoms with Gasteiger partial charge in [-0.3, -0.25) is 0 Å². The Morgan fingerprint density at radius 1 is 1.27 bits per heavy atom. The van der Waals surface area contributed by atoms with Crippen molar-refractivity contribution in [1.29, 1.82) is 0 Å². The van der Waals surface area contributed by atoms with E-state index in [-0.39, 0.29) is 6.17 Å². The third-order valence-corrected chi connectivity index (χ3v) is 2.62. The first-order chi connectivity index (χ1) is 7.24. The zero-order chi connectivity index (χ0) is 10.7. The molecule has 1 aromatic carbocycles. The average Bonchev–Trinajstić information content (AvgIpc) is 2.17. The summed E-state index contributed by atoms with van der Waals surface area (Å²) in [4.78, 5) is 0. The Kier molecular flexibility index (Phi) is 3.06. The average molecular weight is 221 g/mol. The smallest absolute Gasteiger partial charge is 0.168 e. The molecule has 1 aliphatic heterocycles. The number of rotatable bonds is 2. The topological polar surface area (TPSA) is 36.1 Å². The van der Waals surface area contributed by atoms with Crippen molar-refractivity contribution in [2.75, 3.05) is 5.32 Å². The lowest BCUT2D eigenvalue weighted by Gasteiger charge is -2.32. The molecule has 1 fully saturated rings. The van der Waals surface area contributed by atoms with E-state index in [1.54, 1.807) is 0 Å². The van der Waals surface area contributed by atoms with Gasteiger partial charge in [0, 0.05) is 18.2 Å². The molecule has 2 rings (SSSR count). The SMILES string of the molecule is CC1CC(Nc2ccccc2)NC(=S)N1. The molecule has 0 radical (unpaired) electrons. The second kappa shape index (κ2) is 4.49. The number of thiocarbonyl (C=S) groups is 1. The molecule has 0 bridgehead atoms. The fourth-order valence-electron chi connectivity index (χ4n) is 1.73. The second-order valence-electron chi connectivity index (χ2n) is 3.82. The van der Waals surface area contributed by atoms with E-state index in [9.17, 15) is 0 Å². The van der Waals surface area contributed by atoms with Gasteiger partial charge < -0.3 is 16.0 Å². The highest BCUT2D eigenvalue weighted by atomic mass is 32.1. The molecule has 1 saturated heterocycles. The van der Waals surface area contributed by atoms with E-state index in [4.69, 9.17) is 12.2 Å².